The van der Waals surface area contributed by atoms with E-state index < -0.39 is 50.8 Å². The SMILES string of the molecule is NC(=O)Cc1ccc(-n2cnc(C(F)(F)F)n2)c(S(N)(=O)=O)c1-c1ccccc1F. The lowest BCUT2D eigenvalue weighted by atomic mass is 9.96. The average Bonchev–Trinajstić information content (AvgIpc) is 3.11. The molecule has 0 fully saturated rings. The second-order valence-electron chi connectivity index (χ2n) is 6.13. The Hall–Kier alpha value is -3.32. The molecule has 158 valence electrons. The molecule has 8 nitrogen and oxygen atoms in total. The molecule has 2 aromatic carbocycles. The second kappa shape index (κ2) is 7.50. The molecule has 13 heteroatoms. The van der Waals surface area contributed by atoms with E-state index in [-0.39, 0.29) is 16.7 Å². The summed E-state index contributed by atoms with van der Waals surface area (Å²) in [4.78, 5) is 13.9. The van der Waals surface area contributed by atoms with Gasteiger partial charge < -0.3 is 5.73 Å². The number of carbonyl (C=O) groups excluding carboxylic acids is 1. The van der Waals surface area contributed by atoms with E-state index in [0.717, 1.165) is 12.1 Å². The molecule has 1 aromatic heterocycles. The Balaban J connectivity index is 2.41. The Morgan fingerprint density at radius 3 is 2.33 bits per heavy atom. The second-order valence-corrected chi connectivity index (χ2v) is 7.62. The van der Waals surface area contributed by atoms with Gasteiger partial charge in [0.25, 0.3) is 5.82 Å². The Morgan fingerprint density at radius 1 is 1.13 bits per heavy atom. The number of primary amides is 1. The zero-order valence-corrected chi connectivity index (χ0v) is 15.7. The maximum absolute atomic E-state index is 14.5. The predicted molar refractivity (Wildman–Crippen MR) is 96.0 cm³/mol. The standard InChI is InChI=1S/C17H13F4N5O3S/c18-11-4-2-1-3-10(11)14-9(7-13(22)27)5-6-12(15(14)30(23,28)29)26-8-24-16(25-26)17(19,20)21/h1-6,8H,7H2,(H2,22,27)(H2,23,28,29). The Morgan fingerprint density at radius 2 is 1.80 bits per heavy atom. The molecule has 0 aliphatic heterocycles. The van der Waals surface area contributed by atoms with Crippen LogP contribution in [-0.2, 0) is 27.4 Å². The number of benzene rings is 2. The van der Waals surface area contributed by atoms with Crippen molar-refractivity contribution in [3.63, 3.8) is 0 Å². The normalized spacial score (nSPS) is 12.2. The fraction of sp³-hybridized carbons (Fsp3) is 0.118. The minimum Gasteiger partial charge on any atom is -0.369 e. The van der Waals surface area contributed by atoms with Gasteiger partial charge in [0, 0.05) is 11.1 Å². The van der Waals surface area contributed by atoms with Crippen molar-refractivity contribution < 1.29 is 30.8 Å². The number of nitrogens with two attached hydrogens (primary N) is 2. The van der Waals surface area contributed by atoms with E-state index in [1.54, 1.807) is 0 Å². The van der Waals surface area contributed by atoms with Gasteiger partial charge in [0.2, 0.25) is 15.9 Å². The Labute approximate surface area is 167 Å². The summed E-state index contributed by atoms with van der Waals surface area (Å²) in [5.41, 5.74) is 4.25. The third kappa shape index (κ3) is 4.16. The van der Waals surface area contributed by atoms with Crippen LogP contribution in [-0.4, -0.2) is 29.1 Å². The van der Waals surface area contributed by atoms with Crippen molar-refractivity contribution >= 4 is 15.9 Å². The van der Waals surface area contributed by atoms with Gasteiger partial charge in [-0.3, -0.25) is 4.79 Å². The number of halogens is 4. The van der Waals surface area contributed by atoms with Crippen molar-refractivity contribution in [3.05, 3.63) is 59.9 Å². The van der Waals surface area contributed by atoms with Gasteiger partial charge in [-0.2, -0.15) is 13.2 Å². The monoisotopic (exact) mass is 443 g/mol. The minimum atomic E-state index is -4.88. The fourth-order valence-corrected chi connectivity index (χ4v) is 3.86. The molecule has 0 bridgehead atoms. The van der Waals surface area contributed by atoms with Gasteiger partial charge in [0.05, 0.1) is 12.1 Å². The molecule has 30 heavy (non-hydrogen) atoms. The number of rotatable bonds is 5. The van der Waals surface area contributed by atoms with E-state index in [1.165, 1.54) is 24.3 Å². The van der Waals surface area contributed by atoms with Gasteiger partial charge in [-0.25, -0.2) is 27.6 Å². The third-order valence-electron chi connectivity index (χ3n) is 4.01. The van der Waals surface area contributed by atoms with Crippen molar-refractivity contribution in [1.29, 1.82) is 0 Å². The van der Waals surface area contributed by atoms with Crippen LogP contribution in [0, 0.1) is 5.82 Å². The molecule has 3 rings (SSSR count). The number of nitrogens with zero attached hydrogens (tertiary/aromatic N) is 3. The van der Waals surface area contributed by atoms with Gasteiger partial charge in [-0.05, 0) is 17.7 Å². The summed E-state index contributed by atoms with van der Waals surface area (Å²) in [5.74, 6) is -3.21. The van der Waals surface area contributed by atoms with Crippen LogP contribution in [0.3, 0.4) is 0 Å². The van der Waals surface area contributed by atoms with Crippen LogP contribution in [0.1, 0.15) is 11.4 Å². The van der Waals surface area contributed by atoms with Crippen LogP contribution in [0.4, 0.5) is 17.6 Å². The number of alkyl halides is 3. The molecule has 0 unspecified atom stereocenters. The summed E-state index contributed by atoms with van der Waals surface area (Å²) >= 11 is 0. The van der Waals surface area contributed by atoms with Gasteiger partial charge in [0.1, 0.15) is 17.0 Å². The van der Waals surface area contributed by atoms with E-state index in [1.807, 2.05) is 0 Å². The van der Waals surface area contributed by atoms with Crippen molar-refractivity contribution in [2.75, 3.05) is 0 Å². The van der Waals surface area contributed by atoms with Crippen molar-refractivity contribution in [3.8, 4) is 16.8 Å². The van der Waals surface area contributed by atoms with Gasteiger partial charge in [-0.15, -0.1) is 5.10 Å². The van der Waals surface area contributed by atoms with Crippen LogP contribution < -0.4 is 10.9 Å². The number of amides is 1. The molecule has 1 heterocycles. The first-order chi connectivity index (χ1) is 13.9. The molecule has 0 spiro atoms. The summed E-state index contributed by atoms with van der Waals surface area (Å²) < 4.78 is 78.6. The average molecular weight is 443 g/mol. The van der Waals surface area contributed by atoms with Crippen molar-refractivity contribution in [2.24, 2.45) is 10.9 Å². The lowest BCUT2D eigenvalue weighted by molar-refractivity contribution is -0.144. The predicted octanol–water partition coefficient (Wildman–Crippen LogP) is 1.77. The van der Waals surface area contributed by atoms with E-state index in [0.29, 0.717) is 11.0 Å². The topological polar surface area (TPSA) is 134 Å². The highest BCUT2D eigenvalue weighted by molar-refractivity contribution is 7.89. The summed E-state index contributed by atoms with van der Waals surface area (Å²) in [6.45, 7) is 0. The third-order valence-corrected chi connectivity index (χ3v) is 4.99. The molecule has 0 saturated heterocycles. The number of hydrogen-bond donors (Lipinski definition) is 2. The number of sulfonamides is 1. The number of aromatic nitrogens is 3. The Kier molecular flexibility index (Phi) is 5.34. The molecule has 0 aliphatic carbocycles. The molecule has 0 radical (unpaired) electrons. The first-order valence-corrected chi connectivity index (χ1v) is 9.65. The Bertz CT molecular complexity index is 1240. The molecule has 3 aromatic rings. The smallest absolute Gasteiger partial charge is 0.369 e. The molecule has 0 atom stereocenters. The van der Waals surface area contributed by atoms with Crippen molar-refractivity contribution in [1.82, 2.24) is 14.8 Å². The van der Waals surface area contributed by atoms with Crippen LogP contribution in [0.15, 0.2) is 47.6 Å². The highest BCUT2D eigenvalue weighted by Crippen LogP contribution is 2.37. The quantitative estimate of drug-likeness (QED) is 0.580. The van der Waals surface area contributed by atoms with Gasteiger partial charge >= 0.3 is 6.18 Å². The molecular formula is C17H13F4N5O3S. The first kappa shape index (κ1) is 21.4. The zero-order chi connectivity index (χ0) is 22.3. The van der Waals surface area contributed by atoms with E-state index >= 15 is 0 Å². The first-order valence-electron chi connectivity index (χ1n) is 8.10. The van der Waals surface area contributed by atoms with Crippen LogP contribution >= 0.6 is 0 Å². The number of carbonyl (C=O) groups is 1. The molecule has 4 N–H and O–H groups in total. The van der Waals surface area contributed by atoms with Crippen LogP contribution in [0.5, 0.6) is 0 Å². The van der Waals surface area contributed by atoms with Crippen LogP contribution in [0.25, 0.3) is 16.8 Å². The summed E-state index contributed by atoms with van der Waals surface area (Å²) in [7, 11) is -4.65. The van der Waals surface area contributed by atoms with E-state index in [9.17, 15) is 30.8 Å². The maximum Gasteiger partial charge on any atom is 0.453 e. The number of hydrogen-bond acceptors (Lipinski definition) is 5. The largest absolute Gasteiger partial charge is 0.453 e. The lowest BCUT2D eigenvalue weighted by Gasteiger charge is -2.17. The summed E-state index contributed by atoms with van der Waals surface area (Å²) in [5, 5.41) is 8.57. The molecule has 1 amide bonds. The van der Waals surface area contributed by atoms with Gasteiger partial charge in [0.15, 0.2) is 0 Å². The zero-order valence-electron chi connectivity index (χ0n) is 14.9. The molecule has 0 saturated carbocycles. The highest BCUT2D eigenvalue weighted by Gasteiger charge is 2.36. The van der Waals surface area contributed by atoms with E-state index in [4.69, 9.17) is 10.9 Å². The van der Waals surface area contributed by atoms with Crippen molar-refractivity contribution in [2.45, 2.75) is 17.5 Å². The maximum atomic E-state index is 14.5. The summed E-state index contributed by atoms with van der Waals surface area (Å²) in [6.07, 6.45) is -4.71. The lowest BCUT2D eigenvalue weighted by Crippen LogP contribution is -2.20. The fourth-order valence-electron chi connectivity index (χ4n) is 2.88. The van der Waals surface area contributed by atoms with Crippen LogP contribution in [0.2, 0.25) is 0 Å². The number of primary sulfonamides is 1. The molecular weight excluding hydrogens is 430 g/mol. The van der Waals surface area contributed by atoms with E-state index in [2.05, 4.69) is 10.1 Å². The molecule has 0 aliphatic rings. The minimum absolute atomic E-state index is 0.0107. The highest BCUT2D eigenvalue weighted by atomic mass is 32.2. The summed E-state index contributed by atoms with van der Waals surface area (Å²) in [6, 6.07) is 7.34. The van der Waals surface area contributed by atoms with Gasteiger partial charge in [-0.1, -0.05) is 24.3 Å².